The topological polar surface area (TPSA) is 238 Å². The Balaban J connectivity index is 0.000000167. The third-order valence-corrected chi connectivity index (χ3v) is 9.47. The lowest BCUT2D eigenvalue weighted by Gasteiger charge is -2.22. The van der Waals surface area contributed by atoms with Crippen LogP contribution in [0.5, 0.6) is 0 Å². The lowest BCUT2D eigenvalue weighted by Crippen LogP contribution is -2.31. The van der Waals surface area contributed by atoms with Gasteiger partial charge in [-0.05, 0) is 40.5 Å². The van der Waals surface area contributed by atoms with Crippen molar-refractivity contribution < 1.29 is 19.5 Å². The molecule has 2 atom stereocenters. The van der Waals surface area contributed by atoms with E-state index in [-0.39, 0.29) is 10.8 Å². The van der Waals surface area contributed by atoms with Crippen LogP contribution in [0.4, 0.5) is 11.6 Å². The van der Waals surface area contributed by atoms with Crippen molar-refractivity contribution in [3.8, 4) is 0 Å². The van der Waals surface area contributed by atoms with Gasteiger partial charge in [0.15, 0.2) is 22.7 Å². The average molecular weight is 745 g/mol. The molecule has 8 heterocycles. The predicted molar refractivity (Wildman–Crippen MR) is 195 cm³/mol. The van der Waals surface area contributed by atoms with Gasteiger partial charge in [0.05, 0.1) is 11.2 Å². The molecule has 0 unspecified atom stereocenters. The van der Waals surface area contributed by atoms with E-state index in [9.17, 15) is 10.2 Å². The highest BCUT2D eigenvalue weighted by Gasteiger charge is 2.36. The van der Waals surface area contributed by atoms with Crippen LogP contribution in [0.1, 0.15) is 103 Å². The molecule has 288 valence electrons. The second kappa shape index (κ2) is 13.3. The van der Waals surface area contributed by atoms with E-state index in [1.807, 2.05) is 27.7 Å². The summed E-state index contributed by atoms with van der Waals surface area (Å²) in [6.45, 7) is 22.8. The quantitative estimate of drug-likeness (QED) is 0.249. The third kappa shape index (κ3) is 7.70. The van der Waals surface area contributed by atoms with Crippen molar-refractivity contribution in [3.63, 3.8) is 0 Å². The van der Waals surface area contributed by atoms with Gasteiger partial charge in [-0.2, -0.15) is 9.59 Å². The van der Waals surface area contributed by atoms with Crippen molar-refractivity contribution in [2.24, 2.45) is 0 Å². The zero-order valence-electron chi connectivity index (χ0n) is 32.5. The molecule has 2 fully saturated rings. The first kappa shape index (κ1) is 37.1. The molecular formula is C34H48N16O4. The Morgan fingerprint density at radius 1 is 0.593 bits per heavy atom. The number of fused-ring (bicyclic) bond motifs is 2. The van der Waals surface area contributed by atoms with Gasteiger partial charge in [0.25, 0.3) is 0 Å². The molecule has 0 bridgehead atoms. The number of anilines is 2. The van der Waals surface area contributed by atoms with E-state index in [0.717, 1.165) is 0 Å². The molecule has 0 radical (unpaired) electrons. The van der Waals surface area contributed by atoms with Crippen LogP contribution in [-0.2, 0) is 23.9 Å². The summed E-state index contributed by atoms with van der Waals surface area (Å²) in [5, 5.41) is 54.4. The highest BCUT2D eigenvalue weighted by Crippen LogP contribution is 2.33. The smallest absolute Gasteiger partial charge is 0.207 e. The SMILES string of the molecule is Cc1nonc1Cn1nc2nc(C(C)(C)C)nc(N3CC[C@@](C)(O)C3)c2n1.Cc1nonc1Cn1nc2nc(C(C)(C)C)nc(N3CC[C@](C)(O)C3)c2n1. The van der Waals surface area contributed by atoms with Gasteiger partial charge in [0.1, 0.15) is 47.5 Å². The number of hydrogen-bond acceptors (Lipinski definition) is 18. The minimum Gasteiger partial charge on any atom is -0.388 e. The molecule has 2 N–H and O–H groups in total. The van der Waals surface area contributed by atoms with Crippen LogP contribution in [0.3, 0.4) is 0 Å². The highest BCUT2D eigenvalue weighted by atomic mass is 16.6. The van der Waals surface area contributed by atoms with E-state index >= 15 is 0 Å². The molecule has 2 aliphatic rings. The van der Waals surface area contributed by atoms with Crippen molar-refractivity contribution in [2.45, 2.75) is 117 Å². The molecule has 0 saturated carbocycles. The van der Waals surface area contributed by atoms with Gasteiger partial charge in [-0.1, -0.05) is 62.2 Å². The number of β-amino-alcohol motifs (C(OH)–C–C–N with tert-alkyl or cyclic N) is 2. The summed E-state index contributed by atoms with van der Waals surface area (Å²) >= 11 is 0. The largest absolute Gasteiger partial charge is 0.388 e. The number of nitrogens with zero attached hydrogens (tertiary/aromatic N) is 16. The van der Waals surface area contributed by atoms with E-state index in [0.29, 0.717) is 120 Å². The Morgan fingerprint density at radius 3 is 1.28 bits per heavy atom. The summed E-state index contributed by atoms with van der Waals surface area (Å²) < 4.78 is 9.50. The van der Waals surface area contributed by atoms with Crippen molar-refractivity contribution >= 4 is 34.0 Å². The summed E-state index contributed by atoms with van der Waals surface area (Å²) in [6, 6.07) is 0. The Labute approximate surface area is 311 Å². The third-order valence-electron chi connectivity index (χ3n) is 9.47. The van der Waals surface area contributed by atoms with E-state index in [1.165, 1.54) is 9.59 Å². The molecule has 2 saturated heterocycles. The molecule has 54 heavy (non-hydrogen) atoms. The molecule has 0 amide bonds. The normalized spacial score (nSPS) is 20.7. The van der Waals surface area contributed by atoms with Crippen molar-refractivity contribution in [1.29, 1.82) is 0 Å². The van der Waals surface area contributed by atoms with Crippen LogP contribution < -0.4 is 9.80 Å². The molecular weight excluding hydrogens is 696 g/mol. The zero-order valence-corrected chi connectivity index (χ0v) is 32.5. The monoisotopic (exact) mass is 744 g/mol. The number of aryl methyl sites for hydroxylation is 2. The molecule has 20 heteroatoms. The first-order valence-corrected chi connectivity index (χ1v) is 18.0. The molecule has 0 aliphatic carbocycles. The summed E-state index contributed by atoms with van der Waals surface area (Å²) in [7, 11) is 0. The fourth-order valence-electron chi connectivity index (χ4n) is 6.23. The summed E-state index contributed by atoms with van der Waals surface area (Å²) in [5.41, 5.74) is 3.11. The van der Waals surface area contributed by atoms with E-state index in [2.05, 4.69) is 102 Å². The Morgan fingerprint density at radius 2 is 0.981 bits per heavy atom. The van der Waals surface area contributed by atoms with Crippen molar-refractivity contribution in [2.75, 3.05) is 36.0 Å². The Hall–Kier alpha value is -5.24. The van der Waals surface area contributed by atoms with Crippen LogP contribution in [0.15, 0.2) is 9.26 Å². The maximum absolute atomic E-state index is 10.4. The maximum atomic E-state index is 10.4. The number of aromatic nitrogens is 14. The fraction of sp³-hybridized carbons (Fsp3) is 0.647. The van der Waals surface area contributed by atoms with E-state index in [1.54, 1.807) is 0 Å². The second-order valence-corrected chi connectivity index (χ2v) is 17.0. The number of aliphatic hydroxyl groups is 2. The summed E-state index contributed by atoms with van der Waals surface area (Å²) in [5.74, 6) is 2.82. The molecule has 0 aromatic carbocycles. The van der Waals surface area contributed by atoms with Crippen molar-refractivity contribution in [3.05, 3.63) is 34.4 Å². The van der Waals surface area contributed by atoms with Gasteiger partial charge in [-0.25, -0.2) is 29.2 Å². The second-order valence-electron chi connectivity index (χ2n) is 17.0. The van der Waals surface area contributed by atoms with Crippen LogP contribution in [0.2, 0.25) is 0 Å². The minimum atomic E-state index is -0.737. The highest BCUT2D eigenvalue weighted by molar-refractivity contribution is 5.83. The summed E-state index contributed by atoms with van der Waals surface area (Å²) in [4.78, 5) is 26.0. The molecule has 6 aromatic heterocycles. The minimum absolute atomic E-state index is 0.235. The van der Waals surface area contributed by atoms with Crippen LogP contribution in [0, 0.1) is 13.8 Å². The maximum Gasteiger partial charge on any atom is 0.207 e. The van der Waals surface area contributed by atoms with Gasteiger partial charge in [-0.3, -0.25) is 0 Å². The fourth-order valence-corrected chi connectivity index (χ4v) is 6.23. The standard InChI is InChI=1S/2C17H24N8O2/c2*1-10-11(23-27-22-10)8-25-20-12-13(21-25)18-15(16(2,3)4)19-14(12)24-7-6-17(5,26)9-24/h2*26H,6-9H2,1-5H3/t2*17-/m10/s1. The Bertz CT molecular complexity index is 2130. The van der Waals surface area contributed by atoms with E-state index < -0.39 is 11.2 Å². The first-order valence-electron chi connectivity index (χ1n) is 18.0. The molecule has 0 spiro atoms. The van der Waals surface area contributed by atoms with Crippen LogP contribution >= 0.6 is 0 Å². The lowest BCUT2D eigenvalue weighted by atomic mass is 9.95. The zero-order chi connectivity index (χ0) is 38.8. The average Bonchev–Trinajstić information content (AvgIpc) is 3.93. The number of hydrogen-bond donors (Lipinski definition) is 2. The van der Waals surface area contributed by atoms with Gasteiger partial charge < -0.3 is 20.0 Å². The summed E-state index contributed by atoms with van der Waals surface area (Å²) in [6.07, 6.45) is 1.36. The van der Waals surface area contributed by atoms with Crippen molar-refractivity contribution in [1.82, 2.24) is 70.6 Å². The van der Waals surface area contributed by atoms with Gasteiger partial charge in [0.2, 0.25) is 11.3 Å². The van der Waals surface area contributed by atoms with Gasteiger partial charge in [0, 0.05) is 37.0 Å². The predicted octanol–water partition coefficient (Wildman–Crippen LogP) is 2.44. The molecule has 6 aromatic rings. The molecule has 20 nitrogen and oxygen atoms in total. The Kier molecular flexibility index (Phi) is 9.10. The molecule has 2 aliphatic heterocycles. The molecule has 8 rings (SSSR count). The van der Waals surface area contributed by atoms with Crippen LogP contribution in [0.25, 0.3) is 22.3 Å². The van der Waals surface area contributed by atoms with Crippen LogP contribution in [-0.4, -0.2) is 118 Å². The number of rotatable bonds is 6. The van der Waals surface area contributed by atoms with E-state index in [4.69, 9.17) is 19.2 Å². The van der Waals surface area contributed by atoms with Gasteiger partial charge in [-0.15, -0.1) is 20.4 Å². The first-order chi connectivity index (χ1) is 25.2. The lowest BCUT2D eigenvalue weighted by molar-refractivity contribution is 0.0833. The van der Waals surface area contributed by atoms with Gasteiger partial charge >= 0.3 is 0 Å².